The Hall–Kier alpha value is -1.46. The van der Waals surface area contributed by atoms with E-state index >= 15 is 0 Å². The van der Waals surface area contributed by atoms with Gasteiger partial charge in [-0.25, -0.2) is 4.98 Å². The predicted molar refractivity (Wildman–Crippen MR) is 79.6 cm³/mol. The molecule has 0 amide bonds. The zero-order chi connectivity index (χ0) is 12.6. The van der Waals surface area contributed by atoms with E-state index in [9.17, 15) is 0 Å². The van der Waals surface area contributed by atoms with Crippen LogP contribution >= 0.6 is 23.7 Å². The predicted octanol–water partition coefficient (Wildman–Crippen LogP) is 3.33. The molecule has 102 valence electrons. The molecule has 2 heterocycles. The highest BCUT2D eigenvalue weighted by Gasteiger charge is 2.00. The fourth-order valence-electron chi connectivity index (χ4n) is 1.71. The summed E-state index contributed by atoms with van der Waals surface area (Å²) in [5, 5.41) is 12.5. The van der Waals surface area contributed by atoms with Gasteiger partial charge in [0.15, 0.2) is 0 Å². The van der Waals surface area contributed by atoms with Gasteiger partial charge in [0.1, 0.15) is 0 Å². The molecule has 0 atom stereocenters. The van der Waals surface area contributed by atoms with Gasteiger partial charge in [-0.3, -0.25) is 4.98 Å². The van der Waals surface area contributed by atoms with Gasteiger partial charge < -0.3 is 5.21 Å². The van der Waals surface area contributed by atoms with Gasteiger partial charge in [0.25, 0.3) is 0 Å². The van der Waals surface area contributed by atoms with Gasteiger partial charge in [-0.05, 0) is 37.3 Å². The summed E-state index contributed by atoms with van der Waals surface area (Å²) in [4.78, 5) is 9.27. The summed E-state index contributed by atoms with van der Waals surface area (Å²) in [6.07, 6.45) is 11.1. The van der Waals surface area contributed by atoms with Crippen LogP contribution in [-0.2, 0) is 12.8 Å². The molecule has 0 aliphatic heterocycles. The minimum Gasteiger partial charge on any atom is -0.411 e. The van der Waals surface area contributed by atoms with E-state index in [0.29, 0.717) is 0 Å². The summed E-state index contributed by atoms with van der Waals surface area (Å²) in [5.74, 6) is 0. The normalized spacial score (nSPS) is 10.5. The van der Waals surface area contributed by atoms with E-state index < -0.39 is 0 Å². The fraction of sp³-hybridized carbons (Fsp3) is 0.308. The highest BCUT2D eigenvalue weighted by molar-refractivity contribution is 7.13. The van der Waals surface area contributed by atoms with Crippen LogP contribution in [0.15, 0.2) is 35.9 Å². The largest absolute Gasteiger partial charge is 0.411 e. The van der Waals surface area contributed by atoms with E-state index in [1.165, 1.54) is 11.8 Å². The first-order valence-electron chi connectivity index (χ1n) is 5.89. The second-order valence-corrected chi connectivity index (χ2v) is 5.12. The third-order valence-electron chi connectivity index (χ3n) is 2.59. The molecule has 0 saturated carbocycles. The standard InChI is InChI=1S/C13H15N3OS.ClH/c17-16-10-12-9-15-13(18-12)6-2-1-4-11-5-3-7-14-8-11;/h3,5,7-10,17H,1-2,4,6H2;1H/b16-10-;. The number of unbranched alkanes of at least 4 members (excludes halogenated alkanes) is 1. The van der Waals surface area contributed by atoms with Crippen molar-refractivity contribution in [1.82, 2.24) is 9.97 Å². The molecule has 0 bridgehead atoms. The number of hydrogen-bond donors (Lipinski definition) is 1. The Morgan fingerprint density at radius 3 is 2.84 bits per heavy atom. The molecule has 0 saturated heterocycles. The van der Waals surface area contributed by atoms with Crippen molar-refractivity contribution < 1.29 is 5.21 Å². The Morgan fingerprint density at radius 2 is 2.11 bits per heavy atom. The zero-order valence-electron chi connectivity index (χ0n) is 10.4. The third-order valence-corrected chi connectivity index (χ3v) is 3.58. The van der Waals surface area contributed by atoms with Crippen LogP contribution in [0.1, 0.15) is 28.3 Å². The Kier molecular flexibility index (Phi) is 7.07. The van der Waals surface area contributed by atoms with Gasteiger partial charge in [0.2, 0.25) is 0 Å². The molecule has 4 nitrogen and oxygen atoms in total. The molecule has 0 radical (unpaired) electrons. The van der Waals surface area contributed by atoms with E-state index in [0.717, 1.165) is 35.6 Å². The first kappa shape index (κ1) is 15.6. The van der Waals surface area contributed by atoms with Crippen molar-refractivity contribution in [3.8, 4) is 0 Å². The summed E-state index contributed by atoms with van der Waals surface area (Å²) in [6.45, 7) is 0. The lowest BCUT2D eigenvalue weighted by Crippen LogP contribution is -1.89. The van der Waals surface area contributed by atoms with Crippen molar-refractivity contribution in [2.45, 2.75) is 25.7 Å². The van der Waals surface area contributed by atoms with Crippen LogP contribution in [0.3, 0.4) is 0 Å². The molecular weight excluding hydrogens is 282 g/mol. The second kappa shape index (κ2) is 8.61. The Labute approximate surface area is 122 Å². The molecule has 0 aliphatic carbocycles. The number of pyridine rings is 1. The number of aryl methyl sites for hydroxylation is 2. The zero-order valence-corrected chi connectivity index (χ0v) is 12.0. The summed E-state index contributed by atoms with van der Waals surface area (Å²) in [6, 6.07) is 4.07. The SMILES string of the molecule is Cl.O/N=C\c1cnc(CCCCc2cccnc2)s1. The molecular formula is C13H16ClN3OS. The van der Waals surface area contributed by atoms with Crippen LogP contribution in [0, 0.1) is 0 Å². The van der Waals surface area contributed by atoms with Gasteiger partial charge in [-0.2, -0.15) is 0 Å². The average molecular weight is 298 g/mol. The summed E-state index contributed by atoms with van der Waals surface area (Å²) in [5.41, 5.74) is 1.28. The van der Waals surface area contributed by atoms with Crippen molar-refractivity contribution in [2.75, 3.05) is 0 Å². The summed E-state index contributed by atoms with van der Waals surface area (Å²) >= 11 is 1.57. The molecule has 0 unspecified atom stereocenters. The number of hydrogen-bond acceptors (Lipinski definition) is 5. The molecule has 0 aliphatic rings. The smallest absolute Gasteiger partial charge is 0.0931 e. The molecule has 1 N–H and O–H groups in total. The van der Waals surface area contributed by atoms with Crippen molar-refractivity contribution in [3.63, 3.8) is 0 Å². The minimum absolute atomic E-state index is 0. The maximum absolute atomic E-state index is 8.41. The van der Waals surface area contributed by atoms with Crippen LogP contribution in [0.25, 0.3) is 0 Å². The van der Waals surface area contributed by atoms with Gasteiger partial charge in [0, 0.05) is 18.6 Å². The molecule has 2 rings (SSSR count). The van der Waals surface area contributed by atoms with Crippen LogP contribution in [0.4, 0.5) is 0 Å². The van der Waals surface area contributed by atoms with Crippen molar-refractivity contribution >= 4 is 30.0 Å². The Balaban J connectivity index is 0.00000180. The van der Waals surface area contributed by atoms with E-state index in [1.54, 1.807) is 23.7 Å². The molecule has 19 heavy (non-hydrogen) atoms. The lowest BCUT2D eigenvalue weighted by molar-refractivity contribution is 0.322. The number of rotatable bonds is 6. The van der Waals surface area contributed by atoms with Crippen LogP contribution in [-0.4, -0.2) is 21.4 Å². The molecule has 0 spiro atoms. The molecule has 2 aromatic heterocycles. The monoisotopic (exact) mass is 297 g/mol. The van der Waals surface area contributed by atoms with Crippen LogP contribution < -0.4 is 0 Å². The maximum Gasteiger partial charge on any atom is 0.0931 e. The highest BCUT2D eigenvalue weighted by atomic mass is 35.5. The van der Waals surface area contributed by atoms with Crippen molar-refractivity contribution in [1.29, 1.82) is 0 Å². The number of halogens is 1. The number of aromatic nitrogens is 2. The van der Waals surface area contributed by atoms with Crippen LogP contribution in [0.5, 0.6) is 0 Å². The Morgan fingerprint density at radius 1 is 1.26 bits per heavy atom. The van der Waals surface area contributed by atoms with E-state index in [2.05, 4.69) is 21.2 Å². The summed E-state index contributed by atoms with van der Waals surface area (Å²) < 4.78 is 0. The molecule has 0 aromatic carbocycles. The van der Waals surface area contributed by atoms with Gasteiger partial charge in [-0.15, -0.1) is 23.7 Å². The van der Waals surface area contributed by atoms with E-state index in [4.69, 9.17) is 5.21 Å². The highest BCUT2D eigenvalue weighted by Crippen LogP contribution is 2.14. The van der Waals surface area contributed by atoms with E-state index in [1.807, 2.05) is 12.3 Å². The van der Waals surface area contributed by atoms with E-state index in [-0.39, 0.29) is 12.4 Å². The first-order chi connectivity index (χ1) is 8.88. The number of thiazole rings is 1. The summed E-state index contributed by atoms with van der Waals surface area (Å²) in [7, 11) is 0. The molecule has 0 fully saturated rings. The quantitative estimate of drug-likeness (QED) is 0.385. The first-order valence-corrected chi connectivity index (χ1v) is 6.71. The minimum atomic E-state index is 0. The molecule has 2 aromatic rings. The van der Waals surface area contributed by atoms with Gasteiger partial charge in [0.05, 0.1) is 16.1 Å². The second-order valence-electron chi connectivity index (χ2n) is 3.97. The maximum atomic E-state index is 8.41. The van der Waals surface area contributed by atoms with Crippen molar-refractivity contribution in [2.24, 2.45) is 5.16 Å². The van der Waals surface area contributed by atoms with Crippen molar-refractivity contribution in [3.05, 3.63) is 46.2 Å². The topological polar surface area (TPSA) is 58.4 Å². The van der Waals surface area contributed by atoms with Gasteiger partial charge in [-0.1, -0.05) is 11.2 Å². The van der Waals surface area contributed by atoms with Gasteiger partial charge >= 0.3 is 0 Å². The third kappa shape index (κ3) is 5.36. The average Bonchev–Trinajstić information content (AvgIpc) is 2.84. The molecule has 6 heteroatoms. The van der Waals surface area contributed by atoms with Crippen LogP contribution in [0.2, 0.25) is 0 Å². The number of oxime groups is 1. The number of nitrogens with zero attached hydrogens (tertiary/aromatic N) is 3. The lowest BCUT2D eigenvalue weighted by atomic mass is 10.1. The Bertz CT molecular complexity index is 502. The lowest BCUT2D eigenvalue weighted by Gasteiger charge is -1.99. The fourth-order valence-corrected chi connectivity index (χ4v) is 2.54.